The molecule has 1 aliphatic rings. The van der Waals surface area contributed by atoms with Crippen molar-refractivity contribution in [3.8, 4) is 0 Å². The maximum Gasteiger partial charge on any atom is 0.274 e. The molecule has 2 aromatic rings. The van der Waals surface area contributed by atoms with Crippen LogP contribution >= 0.6 is 0 Å². The molecule has 1 aromatic carbocycles. The van der Waals surface area contributed by atoms with Gasteiger partial charge in [-0.2, -0.15) is 0 Å². The van der Waals surface area contributed by atoms with E-state index in [2.05, 4.69) is 20.6 Å². The van der Waals surface area contributed by atoms with Crippen molar-refractivity contribution < 1.29 is 9.53 Å². The number of amides is 1. The van der Waals surface area contributed by atoms with Gasteiger partial charge in [-0.3, -0.25) is 4.79 Å². The molecular formula is C18H22N4O2. The largest absolute Gasteiger partial charge is 0.376 e. The summed E-state index contributed by atoms with van der Waals surface area (Å²) in [6, 6.07) is 9.34. The molecule has 1 aliphatic heterocycles. The SMILES string of the molecule is Cc1cccc(NC(=O)c2cc(NCC3CCCO3)nc(C)n2)c1. The van der Waals surface area contributed by atoms with Gasteiger partial charge in [0.15, 0.2) is 0 Å². The zero-order valence-corrected chi connectivity index (χ0v) is 14.0. The lowest BCUT2D eigenvalue weighted by atomic mass is 10.2. The second-order valence-electron chi connectivity index (χ2n) is 6.03. The number of nitrogens with zero attached hydrogens (tertiary/aromatic N) is 2. The first-order valence-electron chi connectivity index (χ1n) is 8.19. The predicted octanol–water partition coefficient (Wildman–Crippen LogP) is 2.94. The van der Waals surface area contributed by atoms with Gasteiger partial charge >= 0.3 is 0 Å². The van der Waals surface area contributed by atoms with Crippen LogP contribution in [0.1, 0.15) is 34.7 Å². The van der Waals surface area contributed by atoms with E-state index in [0.29, 0.717) is 23.9 Å². The van der Waals surface area contributed by atoms with Gasteiger partial charge in [0.05, 0.1) is 6.10 Å². The Morgan fingerprint density at radius 2 is 2.17 bits per heavy atom. The minimum atomic E-state index is -0.244. The van der Waals surface area contributed by atoms with Crippen molar-refractivity contribution >= 4 is 17.4 Å². The first-order chi connectivity index (χ1) is 11.6. The Morgan fingerprint density at radius 3 is 2.92 bits per heavy atom. The van der Waals surface area contributed by atoms with E-state index in [-0.39, 0.29) is 12.0 Å². The Balaban J connectivity index is 1.68. The van der Waals surface area contributed by atoms with E-state index in [1.165, 1.54) is 0 Å². The topological polar surface area (TPSA) is 76.1 Å². The molecule has 1 unspecified atom stereocenters. The highest BCUT2D eigenvalue weighted by Crippen LogP contribution is 2.15. The van der Waals surface area contributed by atoms with Crippen LogP contribution in [0.5, 0.6) is 0 Å². The Kier molecular flexibility index (Phi) is 5.05. The number of ether oxygens (including phenoxy) is 1. The van der Waals surface area contributed by atoms with Gasteiger partial charge in [-0.1, -0.05) is 12.1 Å². The number of aryl methyl sites for hydroxylation is 2. The summed E-state index contributed by atoms with van der Waals surface area (Å²) in [6.07, 6.45) is 2.36. The van der Waals surface area contributed by atoms with Gasteiger partial charge in [0.25, 0.3) is 5.91 Å². The zero-order chi connectivity index (χ0) is 16.9. The molecule has 6 heteroatoms. The maximum absolute atomic E-state index is 12.4. The Bertz CT molecular complexity index is 727. The third-order valence-electron chi connectivity index (χ3n) is 3.88. The van der Waals surface area contributed by atoms with Crippen LogP contribution < -0.4 is 10.6 Å². The highest BCUT2D eigenvalue weighted by Gasteiger charge is 2.16. The molecule has 0 aliphatic carbocycles. The number of aromatic nitrogens is 2. The number of rotatable bonds is 5. The molecule has 0 radical (unpaired) electrons. The molecule has 126 valence electrons. The summed E-state index contributed by atoms with van der Waals surface area (Å²) in [6.45, 7) is 5.27. The molecule has 6 nitrogen and oxygen atoms in total. The smallest absolute Gasteiger partial charge is 0.274 e. The van der Waals surface area contributed by atoms with Crippen molar-refractivity contribution in [2.24, 2.45) is 0 Å². The molecular weight excluding hydrogens is 304 g/mol. The summed E-state index contributed by atoms with van der Waals surface area (Å²) in [5, 5.41) is 6.11. The van der Waals surface area contributed by atoms with Crippen LogP contribution in [0.4, 0.5) is 11.5 Å². The highest BCUT2D eigenvalue weighted by atomic mass is 16.5. The average Bonchev–Trinajstić information content (AvgIpc) is 3.06. The summed E-state index contributed by atoms with van der Waals surface area (Å²) in [5.41, 5.74) is 2.19. The fourth-order valence-electron chi connectivity index (χ4n) is 2.72. The van der Waals surface area contributed by atoms with E-state index in [1.54, 1.807) is 13.0 Å². The molecule has 1 amide bonds. The van der Waals surface area contributed by atoms with E-state index >= 15 is 0 Å². The number of carbonyl (C=O) groups excluding carboxylic acids is 1. The first kappa shape index (κ1) is 16.4. The summed E-state index contributed by atoms with van der Waals surface area (Å²) in [5.74, 6) is 0.959. The van der Waals surface area contributed by atoms with Crippen molar-refractivity contribution in [2.45, 2.75) is 32.8 Å². The van der Waals surface area contributed by atoms with Crippen LogP contribution in [0, 0.1) is 13.8 Å². The quantitative estimate of drug-likeness (QED) is 0.883. The fourth-order valence-corrected chi connectivity index (χ4v) is 2.72. The average molecular weight is 326 g/mol. The number of carbonyl (C=O) groups is 1. The van der Waals surface area contributed by atoms with Gasteiger partial charge in [0.1, 0.15) is 17.3 Å². The summed E-state index contributed by atoms with van der Waals surface area (Å²) < 4.78 is 5.59. The van der Waals surface area contributed by atoms with E-state index in [1.807, 2.05) is 31.2 Å². The Hall–Kier alpha value is -2.47. The summed E-state index contributed by atoms with van der Waals surface area (Å²) in [4.78, 5) is 21.0. The predicted molar refractivity (Wildman–Crippen MR) is 93.4 cm³/mol. The van der Waals surface area contributed by atoms with Gasteiger partial charge in [-0.25, -0.2) is 9.97 Å². The zero-order valence-electron chi connectivity index (χ0n) is 14.0. The second kappa shape index (κ2) is 7.40. The number of anilines is 2. The Labute approximate surface area is 141 Å². The summed E-state index contributed by atoms with van der Waals surface area (Å²) >= 11 is 0. The fraction of sp³-hybridized carbons (Fsp3) is 0.389. The van der Waals surface area contributed by atoms with Crippen LogP contribution in [-0.4, -0.2) is 35.1 Å². The molecule has 3 rings (SSSR count). The van der Waals surface area contributed by atoms with Gasteiger partial charge in [-0.15, -0.1) is 0 Å². The molecule has 1 fully saturated rings. The van der Waals surface area contributed by atoms with E-state index in [0.717, 1.165) is 30.7 Å². The summed E-state index contributed by atoms with van der Waals surface area (Å²) in [7, 11) is 0. The minimum absolute atomic E-state index is 0.213. The highest BCUT2D eigenvalue weighted by molar-refractivity contribution is 6.03. The van der Waals surface area contributed by atoms with Crippen molar-refractivity contribution in [3.63, 3.8) is 0 Å². The minimum Gasteiger partial charge on any atom is -0.376 e. The standard InChI is InChI=1S/C18H22N4O2/c1-12-5-3-6-14(9-12)22-18(23)16-10-17(21-13(2)20-16)19-11-15-7-4-8-24-15/h3,5-6,9-10,15H,4,7-8,11H2,1-2H3,(H,22,23)(H,19,20,21). The lowest BCUT2D eigenvalue weighted by molar-refractivity contribution is 0.102. The van der Waals surface area contributed by atoms with Crippen molar-refractivity contribution in [2.75, 3.05) is 23.8 Å². The molecule has 1 saturated heterocycles. The monoisotopic (exact) mass is 326 g/mol. The third-order valence-corrected chi connectivity index (χ3v) is 3.88. The molecule has 24 heavy (non-hydrogen) atoms. The van der Waals surface area contributed by atoms with Crippen LogP contribution in [0.3, 0.4) is 0 Å². The molecule has 0 spiro atoms. The Morgan fingerprint density at radius 1 is 1.29 bits per heavy atom. The van der Waals surface area contributed by atoms with E-state index < -0.39 is 0 Å². The van der Waals surface area contributed by atoms with Gasteiger partial charge in [0.2, 0.25) is 0 Å². The number of nitrogens with one attached hydrogen (secondary N) is 2. The van der Waals surface area contributed by atoms with Crippen LogP contribution in [0.25, 0.3) is 0 Å². The number of hydrogen-bond acceptors (Lipinski definition) is 5. The van der Waals surface area contributed by atoms with E-state index in [4.69, 9.17) is 4.74 Å². The molecule has 2 N–H and O–H groups in total. The van der Waals surface area contributed by atoms with Gasteiger partial charge < -0.3 is 15.4 Å². The van der Waals surface area contributed by atoms with Crippen molar-refractivity contribution in [1.29, 1.82) is 0 Å². The molecule has 2 heterocycles. The van der Waals surface area contributed by atoms with E-state index in [9.17, 15) is 4.79 Å². The molecule has 0 bridgehead atoms. The number of benzene rings is 1. The van der Waals surface area contributed by atoms with Crippen LogP contribution in [0.15, 0.2) is 30.3 Å². The number of hydrogen-bond donors (Lipinski definition) is 2. The lowest BCUT2D eigenvalue weighted by Gasteiger charge is -2.12. The van der Waals surface area contributed by atoms with Gasteiger partial charge in [-0.05, 0) is 44.4 Å². The molecule has 1 aromatic heterocycles. The molecule has 0 saturated carbocycles. The normalized spacial score (nSPS) is 16.8. The third kappa shape index (κ3) is 4.29. The van der Waals surface area contributed by atoms with Crippen molar-refractivity contribution in [1.82, 2.24) is 9.97 Å². The first-order valence-corrected chi connectivity index (χ1v) is 8.19. The maximum atomic E-state index is 12.4. The van der Waals surface area contributed by atoms with Crippen molar-refractivity contribution in [3.05, 3.63) is 47.4 Å². The van der Waals surface area contributed by atoms with Crippen LogP contribution in [-0.2, 0) is 4.74 Å². The van der Waals surface area contributed by atoms with Gasteiger partial charge in [0, 0.05) is 24.9 Å². The lowest BCUT2D eigenvalue weighted by Crippen LogP contribution is -2.20. The molecule has 1 atom stereocenters. The van der Waals surface area contributed by atoms with Crippen LogP contribution in [0.2, 0.25) is 0 Å². The second-order valence-corrected chi connectivity index (χ2v) is 6.03.